The van der Waals surface area contributed by atoms with Crippen molar-refractivity contribution in [2.24, 2.45) is 5.92 Å². The van der Waals surface area contributed by atoms with Gasteiger partial charge in [-0.25, -0.2) is 8.78 Å². The van der Waals surface area contributed by atoms with Gasteiger partial charge >= 0.3 is 0 Å². The average molecular weight is 270 g/mol. The number of carbonyl (C=O) groups is 1. The van der Waals surface area contributed by atoms with Gasteiger partial charge in [-0.2, -0.15) is 0 Å². The number of nitrogens with one attached hydrogen (secondary N) is 2. The number of amides is 1. The minimum atomic E-state index is -0.486. The molecular formula is C14H20F2N2O. The molecule has 0 atom stereocenters. The van der Waals surface area contributed by atoms with E-state index in [1.165, 1.54) is 0 Å². The topological polar surface area (TPSA) is 41.1 Å². The van der Waals surface area contributed by atoms with Gasteiger partial charge in [0.25, 0.3) is 0 Å². The summed E-state index contributed by atoms with van der Waals surface area (Å²) in [6, 6.07) is 3.27. The summed E-state index contributed by atoms with van der Waals surface area (Å²) in [7, 11) is 0. The van der Waals surface area contributed by atoms with Gasteiger partial charge in [0.1, 0.15) is 11.6 Å². The maximum absolute atomic E-state index is 13.3. The fourth-order valence-corrected chi connectivity index (χ4v) is 1.55. The Hall–Kier alpha value is -1.49. The molecule has 1 aromatic rings. The molecule has 0 aliphatic carbocycles. The molecule has 19 heavy (non-hydrogen) atoms. The molecule has 2 N–H and O–H groups in total. The first kappa shape index (κ1) is 15.6. The van der Waals surface area contributed by atoms with E-state index in [0.717, 1.165) is 24.6 Å². The van der Waals surface area contributed by atoms with Gasteiger partial charge in [-0.05, 0) is 30.5 Å². The van der Waals surface area contributed by atoms with E-state index in [2.05, 4.69) is 24.5 Å². The van der Waals surface area contributed by atoms with Gasteiger partial charge in [-0.1, -0.05) is 13.8 Å². The molecule has 1 rings (SSSR count). The lowest BCUT2D eigenvalue weighted by Crippen LogP contribution is -2.34. The molecular weight excluding hydrogens is 250 g/mol. The van der Waals surface area contributed by atoms with Gasteiger partial charge in [0, 0.05) is 18.7 Å². The van der Waals surface area contributed by atoms with Crippen molar-refractivity contribution >= 4 is 5.91 Å². The van der Waals surface area contributed by atoms with E-state index in [4.69, 9.17) is 0 Å². The SMILES string of the molecule is CC(C)CCNC(=O)CNCc1cc(F)ccc1F. The van der Waals surface area contributed by atoms with Gasteiger partial charge in [0.2, 0.25) is 5.91 Å². The Morgan fingerprint density at radius 1 is 1.32 bits per heavy atom. The van der Waals surface area contributed by atoms with Crippen LogP contribution in [0.25, 0.3) is 0 Å². The molecule has 3 nitrogen and oxygen atoms in total. The van der Waals surface area contributed by atoms with Gasteiger partial charge in [-0.3, -0.25) is 4.79 Å². The van der Waals surface area contributed by atoms with Crippen LogP contribution >= 0.6 is 0 Å². The van der Waals surface area contributed by atoms with Crippen LogP contribution in [0.2, 0.25) is 0 Å². The smallest absolute Gasteiger partial charge is 0.233 e. The summed E-state index contributed by atoms with van der Waals surface area (Å²) in [5, 5.41) is 5.55. The Morgan fingerprint density at radius 3 is 2.74 bits per heavy atom. The van der Waals surface area contributed by atoms with Crippen molar-refractivity contribution in [2.75, 3.05) is 13.1 Å². The normalized spacial score (nSPS) is 10.8. The number of benzene rings is 1. The molecule has 0 aromatic heterocycles. The second-order valence-corrected chi connectivity index (χ2v) is 4.87. The van der Waals surface area contributed by atoms with Crippen LogP contribution in [0, 0.1) is 17.6 Å². The van der Waals surface area contributed by atoms with E-state index in [9.17, 15) is 13.6 Å². The first-order chi connectivity index (χ1) is 8.99. The van der Waals surface area contributed by atoms with Gasteiger partial charge in [-0.15, -0.1) is 0 Å². The molecule has 0 spiro atoms. The molecule has 1 aromatic carbocycles. The molecule has 0 saturated carbocycles. The third-order valence-corrected chi connectivity index (χ3v) is 2.65. The Labute approximate surface area is 112 Å². The van der Waals surface area contributed by atoms with Gasteiger partial charge < -0.3 is 10.6 Å². The van der Waals surface area contributed by atoms with Crippen LogP contribution in [0.3, 0.4) is 0 Å². The lowest BCUT2D eigenvalue weighted by atomic mass is 10.1. The Morgan fingerprint density at radius 2 is 2.05 bits per heavy atom. The minimum Gasteiger partial charge on any atom is -0.355 e. The Kier molecular flexibility index (Phi) is 6.42. The Balaban J connectivity index is 2.26. The lowest BCUT2D eigenvalue weighted by molar-refractivity contribution is -0.120. The monoisotopic (exact) mass is 270 g/mol. The van der Waals surface area contributed by atoms with Crippen molar-refractivity contribution in [3.05, 3.63) is 35.4 Å². The standard InChI is InChI=1S/C14H20F2N2O/c1-10(2)5-6-18-14(19)9-17-8-11-7-12(15)3-4-13(11)16/h3-4,7,10,17H,5-6,8-9H2,1-2H3,(H,18,19). The largest absolute Gasteiger partial charge is 0.355 e. The maximum atomic E-state index is 13.3. The summed E-state index contributed by atoms with van der Waals surface area (Å²) in [4.78, 5) is 11.4. The van der Waals surface area contributed by atoms with Crippen LogP contribution < -0.4 is 10.6 Å². The van der Waals surface area contributed by atoms with E-state index < -0.39 is 11.6 Å². The molecule has 0 radical (unpaired) electrons. The second-order valence-electron chi connectivity index (χ2n) is 4.87. The predicted molar refractivity (Wildman–Crippen MR) is 70.5 cm³/mol. The van der Waals surface area contributed by atoms with Crippen LogP contribution in [0.4, 0.5) is 8.78 Å². The van der Waals surface area contributed by atoms with Crippen LogP contribution in [-0.4, -0.2) is 19.0 Å². The molecule has 0 unspecified atom stereocenters. The highest BCUT2D eigenvalue weighted by molar-refractivity contribution is 5.77. The molecule has 106 valence electrons. The third kappa shape index (κ3) is 6.29. The summed E-state index contributed by atoms with van der Waals surface area (Å²) in [5.74, 6) is -0.569. The molecule has 5 heteroatoms. The zero-order valence-electron chi connectivity index (χ0n) is 11.3. The van der Waals surface area contributed by atoms with E-state index in [0.29, 0.717) is 12.5 Å². The zero-order valence-corrected chi connectivity index (χ0v) is 11.3. The van der Waals surface area contributed by atoms with Gasteiger partial charge in [0.05, 0.1) is 6.54 Å². The van der Waals surface area contributed by atoms with Crippen molar-refractivity contribution in [1.29, 1.82) is 0 Å². The predicted octanol–water partition coefficient (Wildman–Crippen LogP) is 2.22. The molecule has 0 bridgehead atoms. The zero-order chi connectivity index (χ0) is 14.3. The number of hydrogen-bond acceptors (Lipinski definition) is 2. The lowest BCUT2D eigenvalue weighted by Gasteiger charge is -2.08. The van der Waals surface area contributed by atoms with E-state index in [1.807, 2.05) is 0 Å². The number of hydrogen-bond donors (Lipinski definition) is 2. The fourth-order valence-electron chi connectivity index (χ4n) is 1.55. The maximum Gasteiger partial charge on any atom is 0.233 e. The molecule has 1 amide bonds. The molecule has 0 aliphatic heterocycles. The van der Waals surface area contributed by atoms with Crippen LogP contribution in [0.1, 0.15) is 25.8 Å². The van der Waals surface area contributed by atoms with Crippen molar-refractivity contribution in [1.82, 2.24) is 10.6 Å². The van der Waals surface area contributed by atoms with Crippen LogP contribution in [-0.2, 0) is 11.3 Å². The summed E-state index contributed by atoms with van der Waals surface area (Å²) in [5.41, 5.74) is 0.218. The second kappa shape index (κ2) is 7.84. The summed E-state index contributed by atoms with van der Waals surface area (Å²) in [6.45, 7) is 5.01. The van der Waals surface area contributed by atoms with E-state index in [1.54, 1.807) is 0 Å². The highest BCUT2D eigenvalue weighted by Gasteiger charge is 2.05. The summed E-state index contributed by atoms with van der Waals surface area (Å²) >= 11 is 0. The number of carbonyl (C=O) groups excluding carboxylic acids is 1. The fraction of sp³-hybridized carbons (Fsp3) is 0.500. The van der Waals surface area contributed by atoms with E-state index in [-0.39, 0.29) is 24.6 Å². The Bertz CT molecular complexity index is 422. The summed E-state index contributed by atoms with van der Waals surface area (Å²) in [6.07, 6.45) is 0.921. The number of rotatable bonds is 7. The molecule has 0 heterocycles. The average Bonchev–Trinajstić information content (AvgIpc) is 2.33. The summed E-state index contributed by atoms with van der Waals surface area (Å²) < 4.78 is 26.2. The highest BCUT2D eigenvalue weighted by Crippen LogP contribution is 2.08. The first-order valence-corrected chi connectivity index (χ1v) is 6.40. The van der Waals surface area contributed by atoms with E-state index >= 15 is 0 Å². The van der Waals surface area contributed by atoms with Crippen LogP contribution in [0.15, 0.2) is 18.2 Å². The molecule has 0 saturated heterocycles. The quantitative estimate of drug-likeness (QED) is 0.797. The number of halogens is 2. The first-order valence-electron chi connectivity index (χ1n) is 6.40. The molecule has 0 aliphatic rings. The van der Waals surface area contributed by atoms with Gasteiger partial charge in [0.15, 0.2) is 0 Å². The van der Waals surface area contributed by atoms with Crippen molar-refractivity contribution in [3.8, 4) is 0 Å². The van der Waals surface area contributed by atoms with Crippen LogP contribution in [0.5, 0.6) is 0 Å². The molecule has 0 fully saturated rings. The third-order valence-electron chi connectivity index (χ3n) is 2.65. The minimum absolute atomic E-state index is 0.0913. The van der Waals surface area contributed by atoms with Crippen molar-refractivity contribution < 1.29 is 13.6 Å². The van der Waals surface area contributed by atoms with Crippen molar-refractivity contribution in [2.45, 2.75) is 26.8 Å². The van der Waals surface area contributed by atoms with Crippen molar-refractivity contribution in [3.63, 3.8) is 0 Å². The highest BCUT2D eigenvalue weighted by atomic mass is 19.1.